The van der Waals surface area contributed by atoms with Crippen LogP contribution in [0, 0.1) is 0 Å². The Morgan fingerprint density at radius 1 is 1.15 bits per heavy atom. The van der Waals surface area contributed by atoms with Crippen LogP contribution in [0.15, 0.2) is 52.5 Å². The summed E-state index contributed by atoms with van der Waals surface area (Å²) in [6.45, 7) is 0. The van der Waals surface area contributed by atoms with E-state index in [4.69, 9.17) is 0 Å². The molecule has 2 fully saturated rings. The molecular weight excluding hydrogens is 375 g/mol. The molecule has 2 aromatic rings. The smallest absolute Gasteiger partial charge is 0.348 e. The predicted molar refractivity (Wildman–Crippen MR) is 95.6 cm³/mol. The Hall–Kier alpha value is -2.06. The SMILES string of the molecule is O=C(N[C@@H]1C[C@H]2CC[C@@H]1N2)c1ccc(Sc2ccc(C(F)(F)F)cn2)cc1. The number of fused-ring (bicyclic) bond motifs is 2. The second-order valence-corrected chi connectivity index (χ2v) is 7.97. The molecule has 4 nitrogen and oxygen atoms in total. The van der Waals surface area contributed by atoms with Crippen molar-refractivity contribution in [3.63, 3.8) is 0 Å². The number of carbonyl (C=O) groups excluding carboxylic acids is 1. The molecule has 0 unspecified atom stereocenters. The van der Waals surface area contributed by atoms with E-state index in [9.17, 15) is 18.0 Å². The van der Waals surface area contributed by atoms with E-state index in [1.807, 2.05) is 0 Å². The number of hydrogen-bond acceptors (Lipinski definition) is 4. The van der Waals surface area contributed by atoms with Gasteiger partial charge in [-0.05, 0) is 55.7 Å². The van der Waals surface area contributed by atoms with E-state index >= 15 is 0 Å². The number of alkyl halides is 3. The Morgan fingerprint density at radius 2 is 1.93 bits per heavy atom. The lowest BCUT2D eigenvalue weighted by Gasteiger charge is -2.21. The number of aromatic nitrogens is 1. The quantitative estimate of drug-likeness (QED) is 0.828. The fraction of sp³-hybridized carbons (Fsp3) is 0.368. The maximum absolute atomic E-state index is 12.6. The van der Waals surface area contributed by atoms with Crippen LogP contribution in [-0.4, -0.2) is 29.0 Å². The lowest BCUT2D eigenvalue weighted by Crippen LogP contribution is -2.42. The standard InChI is InChI=1S/C19H18F3N3OS/c20-19(21,22)12-3-8-17(23-10-12)27-14-5-1-11(2-6-14)18(26)25-16-9-13-4-7-15(16)24-13/h1-3,5-6,8,10,13,15-16,24H,4,7,9H2,(H,25,26)/t13-,15+,16-/m1/s1. The van der Waals surface area contributed by atoms with Crippen LogP contribution in [0.25, 0.3) is 0 Å². The molecule has 1 aromatic heterocycles. The Bertz CT molecular complexity index is 824. The average Bonchev–Trinajstić information content (AvgIpc) is 3.25. The maximum Gasteiger partial charge on any atom is 0.417 e. The highest BCUT2D eigenvalue weighted by molar-refractivity contribution is 7.99. The predicted octanol–water partition coefficient (Wildman–Crippen LogP) is 3.87. The molecule has 2 bridgehead atoms. The molecule has 0 aliphatic carbocycles. The number of halogens is 3. The van der Waals surface area contributed by atoms with E-state index in [1.54, 1.807) is 24.3 Å². The van der Waals surface area contributed by atoms with Gasteiger partial charge >= 0.3 is 6.18 Å². The van der Waals surface area contributed by atoms with E-state index in [0.29, 0.717) is 22.7 Å². The van der Waals surface area contributed by atoms with Gasteiger partial charge in [-0.25, -0.2) is 4.98 Å². The number of amides is 1. The molecule has 8 heteroatoms. The van der Waals surface area contributed by atoms with Crippen molar-refractivity contribution in [2.24, 2.45) is 0 Å². The van der Waals surface area contributed by atoms with Gasteiger partial charge in [0, 0.05) is 34.8 Å². The molecule has 3 heterocycles. The zero-order valence-electron chi connectivity index (χ0n) is 14.3. The molecule has 1 amide bonds. The van der Waals surface area contributed by atoms with Gasteiger partial charge < -0.3 is 10.6 Å². The van der Waals surface area contributed by atoms with E-state index in [0.717, 1.165) is 30.0 Å². The fourth-order valence-corrected chi connectivity index (χ4v) is 4.39. The summed E-state index contributed by atoms with van der Waals surface area (Å²) in [4.78, 5) is 17.1. The molecule has 3 atom stereocenters. The van der Waals surface area contributed by atoms with Crippen molar-refractivity contribution < 1.29 is 18.0 Å². The monoisotopic (exact) mass is 393 g/mol. The van der Waals surface area contributed by atoms with Gasteiger partial charge in [0.2, 0.25) is 0 Å². The molecule has 2 saturated heterocycles. The van der Waals surface area contributed by atoms with E-state index in [-0.39, 0.29) is 11.9 Å². The second-order valence-electron chi connectivity index (χ2n) is 6.87. The topological polar surface area (TPSA) is 54.0 Å². The van der Waals surface area contributed by atoms with Crippen LogP contribution in [0.1, 0.15) is 35.2 Å². The van der Waals surface area contributed by atoms with E-state index in [1.165, 1.54) is 24.2 Å². The number of pyridine rings is 1. The Morgan fingerprint density at radius 3 is 2.48 bits per heavy atom. The molecule has 2 aliphatic heterocycles. The molecule has 0 spiro atoms. The number of benzene rings is 1. The molecule has 0 radical (unpaired) electrons. The van der Waals surface area contributed by atoms with Crippen molar-refractivity contribution in [1.82, 2.24) is 15.6 Å². The summed E-state index contributed by atoms with van der Waals surface area (Å²) < 4.78 is 37.7. The summed E-state index contributed by atoms with van der Waals surface area (Å²) >= 11 is 1.25. The highest BCUT2D eigenvalue weighted by atomic mass is 32.2. The molecular formula is C19H18F3N3OS. The van der Waals surface area contributed by atoms with Crippen molar-refractivity contribution in [3.8, 4) is 0 Å². The van der Waals surface area contributed by atoms with Crippen LogP contribution >= 0.6 is 11.8 Å². The van der Waals surface area contributed by atoms with Gasteiger partial charge in [0.15, 0.2) is 0 Å². The first-order chi connectivity index (χ1) is 12.9. The molecule has 0 saturated carbocycles. The highest BCUT2D eigenvalue weighted by Gasteiger charge is 2.39. The number of hydrogen-bond donors (Lipinski definition) is 2. The third-order valence-electron chi connectivity index (χ3n) is 5.02. The second kappa shape index (κ2) is 7.16. The first-order valence-electron chi connectivity index (χ1n) is 8.76. The summed E-state index contributed by atoms with van der Waals surface area (Å²) in [5, 5.41) is 7.04. The Balaban J connectivity index is 1.36. The van der Waals surface area contributed by atoms with Crippen LogP contribution < -0.4 is 10.6 Å². The van der Waals surface area contributed by atoms with Crippen LogP contribution in [0.5, 0.6) is 0 Å². The summed E-state index contributed by atoms with van der Waals surface area (Å²) in [7, 11) is 0. The minimum atomic E-state index is -4.39. The van der Waals surface area contributed by atoms with Gasteiger partial charge in [-0.3, -0.25) is 4.79 Å². The minimum absolute atomic E-state index is 0.0986. The summed E-state index contributed by atoms with van der Waals surface area (Å²) in [6.07, 6.45) is -0.302. The molecule has 2 N–H and O–H groups in total. The summed E-state index contributed by atoms with van der Waals surface area (Å²) in [6, 6.07) is 10.4. The lowest BCUT2D eigenvalue weighted by molar-refractivity contribution is -0.137. The largest absolute Gasteiger partial charge is 0.417 e. The number of nitrogens with one attached hydrogen (secondary N) is 2. The van der Waals surface area contributed by atoms with Gasteiger partial charge in [0.1, 0.15) is 5.03 Å². The highest BCUT2D eigenvalue weighted by Crippen LogP contribution is 2.32. The molecule has 1 aromatic carbocycles. The van der Waals surface area contributed by atoms with Gasteiger partial charge in [0.05, 0.1) is 5.56 Å². The van der Waals surface area contributed by atoms with Crippen LogP contribution in [0.3, 0.4) is 0 Å². The van der Waals surface area contributed by atoms with Gasteiger partial charge in [0.25, 0.3) is 5.91 Å². The Kier molecular flexibility index (Phi) is 4.86. The van der Waals surface area contributed by atoms with Gasteiger partial charge in [-0.1, -0.05) is 11.8 Å². The van der Waals surface area contributed by atoms with Crippen molar-refractivity contribution in [2.45, 2.75) is 53.5 Å². The average molecular weight is 393 g/mol. The van der Waals surface area contributed by atoms with Gasteiger partial charge in [-0.2, -0.15) is 13.2 Å². The zero-order valence-corrected chi connectivity index (χ0v) is 15.1. The Labute approximate surface area is 158 Å². The van der Waals surface area contributed by atoms with Crippen molar-refractivity contribution >= 4 is 17.7 Å². The third-order valence-corrected chi connectivity index (χ3v) is 5.98. The van der Waals surface area contributed by atoms with E-state index in [2.05, 4.69) is 15.6 Å². The van der Waals surface area contributed by atoms with Crippen molar-refractivity contribution in [1.29, 1.82) is 0 Å². The number of nitrogens with zero attached hydrogens (tertiary/aromatic N) is 1. The molecule has 2 aliphatic rings. The third kappa shape index (κ3) is 4.11. The molecule has 27 heavy (non-hydrogen) atoms. The first kappa shape index (κ1) is 18.3. The normalized spacial score (nSPS) is 24.2. The van der Waals surface area contributed by atoms with Crippen LogP contribution in [0.4, 0.5) is 13.2 Å². The zero-order chi connectivity index (χ0) is 19.0. The lowest BCUT2D eigenvalue weighted by atomic mass is 9.95. The molecule has 4 rings (SSSR count). The summed E-state index contributed by atoms with van der Waals surface area (Å²) in [5.41, 5.74) is -0.198. The van der Waals surface area contributed by atoms with Gasteiger partial charge in [-0.15, -0.1) is 0 Å². The van der Waals surface area contributed by atoms with Crippen molar-refractivity contribution in [2.75, 3.05) is 0 Å². The fourth-order valence-electron chi connectivity index (χ4n) is 3.64. The summed E-state index contributed by atoms with van der Waals surface area (Å²) in [5.74, 6) is -0.0986. The van der Waals surface area contributed by atoms with Crippen molar-refractivity contribution in [3.05, 3.63) is 53.7 Å². The van der Waals surface area contributed by atoms with E-state index < -0.39 is 11.7 Å². The minimum Gasteiger partial charge on any atom is -0.348 e. The van der Waals surface area contributed by atoms with Crippen LogP contribution in [0.2, 0.25) is 0 Å². The van der Waals surface area contributed by atoms with Crippen LogP contribution in [-0.2, 0) is 6.18 Å². The number of carbonyl (C=O) groups is 1. The maximum atomic E-state index is 12.6. The number of rotatable bonds is 4. The molecule has 142 valence electrons. The first-order valence-corrected chi connectivity index (χ1v) is 9.58.